The van der Waals surface area contributed by atoms with Crippen LogP contribution in [0.4, 0.5) is 0 Å². The van der Waals surface area contributed by atoms with Crippen molar-refractivity contribution in [1.82, 2.24) is 10.0 Å². The van der Waals surface area contributed by atoms with Crippen LogP contribution in [0.25, 0.3) is 0 Å². The van der Waals surface area contributed by atoms with Crippen LogP contribution in [-0.4, -0.2) is 38.9 Å². The van der Waals surface area contributed by atoms with E-state index in [1.807, 2.05) is 6.92 Å². The maximum absolute atomic E-state index is 12.3. The molecule has 1 atom stereocenters. The van der Waals surface area contributed by atoms with Crippen LogP contribution in [-0.2, 0) is 24.3 Å². The van der Waals surface area contributed by atoms with Crippen molar-refractivity contribution in [2.45, 2.75) is 24.8 Å². The van der Waals surface area contributed by atoms with Crippen molar-refractivity contribution in [3.63, 3.8) is 0 Å². The highest BCUT2D eigenvalue weighted by atomic mass is 32.2. The van der Waals surface area contributed by atoms with Gasteiger partial charge in [0, 0.05) is 5.56 Å². The highest BCUT2D eigenvalue weighted by Gasteiger charge is 2.24. The molecule has 0 unspecified atom stereocenters. The Morgan fingerprint density at radius 1 is 1.00 bits per heavy atom. The molecule has 0 bridgehead atoms. The van der Waals surface area contributed by atoms with Crippen LogP contribution >= 0.6 is 0 Å². The minimum absolute atomic E-state index is 0.00366. The van der Waals surface area contributed by atoms with Crippen molar-refractivity contribution < 1.29 is 27.5 Å². The first-order valence-electron chi connectivity index (χ1n) is 8.34. The lowest BCUT2D eigenvalue weighted by molar-refractivity contribution is -0.149. The average molecular weight is 404 g/mol. The Kier molecular flexibility index (Phi) is 7.02. The predicted molar refractivity (Wildman–Crippen MR) is 101 cm³/mol. The molecule has 28 heavy (non-hydrogen) atoms. The van der Waals surface area contributed by atoms with Gasteiger partial charge >= 0.3 is 5.97 Å². The van der Waals surface area contributed by atoms with E-state index < -0.39 is 40.5 Å². The molecule has 0 heterocycles. The number of imide groups is 1. The van der Waals surface area contributed by atoms with E-state index in [0.717, 1.165) is 5.56 Å². The van der Waals surface area contributed by atoms with Crippen molar-refractivity contribution >= 4 is 27.8 Å². The monoisotopic (exact) mass is 404 g/mol. The molecule has 0 saturated carbocycles. The normalized spacial score (nSPS) is 12.1. The molecular weight excluding hydrogens is 384 g/mol. The van der Waals surface area contributed by atoms with Crippen molar-refractivity contribution in [2.24, 2.45) is 0 Å². The Morgan fingerprint density at radius 2 is 1.61 bits per heavy atom. The summed E-state index contributed by atoms with van der Waals surface area (Å²) in [5.74, 6) is -2.40. The van der Waals surface area contributed by atoms with Crippen LogP contribution < -0.4 is 10.0 Å². The molecule has 2 aromatic carbocycles. The van der Waals surface area contributed by atoms with Gasteiger partial charge in [0.05, 0.1) is 4.90 Å². The van der Waals surface area contributed by atoms with Gasteiger partial charge in [-0.05, 0) is 38.1 Å². The lowest BCUT2D eigenvalue weighted by atomic mass is 10.2. The average Bonchev–Trinajstić information content (AvgIpc) is 2.66. The molecule has 0 aromatic heterocycles. The van der Waals surface area contributed by atoms with Gasteiger partial charge in [0.2, 0.25) is 10.0 Å². The summed E-state index contributed by atoms with van der Waals surface area (Å²) in [7, 11) is -3.92. The summed E-state index contributed by atoms with van der Waals surface area (Å²) in [4.78, 5) is 35.5. The lowest BCUT2D eigenvalue weighted by Gasteiger charge is -2.14. The van der Waals surface area contributed by atoms with Gasteiger partial charge in [-0.25, -0.2) is 8.42 Å². The summed E-state index contributed by atoms with van der Waals surface area (Å²) in [6.07, 6.45) is 0. The van der Waals surface area contributed by atoms with E-state index >= 15 is 0 Å². The SMILES string of the molecule is Cc1ccc(S(=O)(=O)N[C@@H](C)C(=O)OCC(=O)NC(=O)c2ccccc2)cc1. The fourth-order valence-electron chi connectivity index (χ4n) is 2.15. The number of sulfonamides is 1. The standard InChI is InChI=1S/C19H20N2O6S/c1-13-8-10-16(11-9-13)28(25,26)21-14(2)19(24)27-12-17(22)20-18(23)15-6-4-3-5-7-15/h3-11,14,21H,12H2,1-2H3,(H,20,22,23)/t14-/m0/s1. The summed E-state index contributed by atoms with van der Waals surface area (Å²) in [6, 6.07) is 12.9. The molecule has 0 fully saturated rings. The Morgan fingerprint density at radius 3 is 2.21 bits per heavy atom. The lowest BCUT2D eigenvalue weighted by Crippen LogP contribution is -2.41. The highest BCUT2D eigenvalue weighted by molar-refractivity contribution is 7.89. The molecule has 0 radical (unpaired) electrons. The van der Waals surface area contributed by atoms with Gasteiger partial charge in [0.25, 0.3) is 11.8 Å². The first-order valence-corrected chi connectivity index (χ1v) is 9.82. The van der Waals surface area contributed by atoms with Crippen LogP contribution in [0.5, 0.6) is 0 Å². The number of aryl methyl sites for hydroxylation is 1. The van der Waals surface area contributed by atoms with E-state index in [9.17, 15) is 22.8 Å². The smallest absolute Gasteiger partial charge is 0.324 e. The van der Waals surface area contributed by atoms with Crippen molar-refractivity contribution in [2.75, 3.05) is 6.61 Å². The molecule has 0 spiro atoms. The van der Waals surface area contributed by atoms with E-state index in [-0.39, 0.29) is 10.5 Å². The second kappa shape index (κ2) is 9.25. The predicted octanol–water partition coefficient (Wildman–Crippen LogP) is 1.16. The van der Waals surface area contributed by atoms with Gasteiger partial charge in [-0.1, -0.05) is 35.9 Å². The number of amides is 2. The second-order valence-electron chi connectivity index (χ2n) is 6.01. The number of hydrogen-bond acceptors (Lipinski definition) is 6. The molecule has 2 aromatic rings. The van der Waals surface area contributed by atoms with Gasteiger partial charge in [-0.3, -0.25) is 19.7 Å². The number of benzene rings is 2. The van der Waals surface area contributed by atoms with Gasteiger partial charge in [0.15, 0.2) is 6.61 Å². The van der Waals surface area contributed by atoms with Crippen molar-refractivity contribution in [3.8, 4) is 0 Å². The number of esters is 1. The fourth-order valence-corrected chi connectivity index (χ4v) is 3.34. The zero-order chi connectivity index (χ0) is 20.7. The molecule has 0 aliphatic heterocycles. The Hall–Kier alpha value is -3.04. The van der Waals surface area contributed by atoms with Gasteiger partial charge < -0.3 is 4.74 Å². The zero-order valence-corrected chi connectivity index (χ0v) is 16.2. The van der Waals surface area contributed by atoms with E-state index in [0.29, 0.717) is 0 Å². The van der Waals surface area contributed by atoms with Crippen LogP contribution in [0.15, 0.2) is 59.5 Å². The molecule has 0 aliphatic carbocycles. The highest BCUT2D eigenvalue weighted by Crippen LogP contribution is 2.10. The number of rotatable bonds is 7. The molecule has 8 nitrogen and oxygen atoms in total. The summed E-state index contributed by atoms with van der Waals surface area (Å²) in [6.45, 7) is 2.40. The Labute approximate surface area is 163 Å². The minimum atomic E-state index is -3.92. The second-order valence-corrected chi connectivity index (χ2v) is 7.72. The third-order valence-corrected chi connectivity index (χ3v) is 5.21. The number of carbonyl (C=O) groups is 3. The van der Waals surface area contributed by atoms with Crippen LogP contribution in [0, 0.1) is 6.92 Å². The summed E-state index contributed by atoms with van der Waals surface area (Å²) in [5, 5.41) is 2.08. The van der Waals surface area contributed by atoms with E-state index in [1.165, 1.54) is 31.2 Å². The summed E-state index contributed by atoms with van der Waals surface area (Å²) < 4.78 is 31.5. The van der Waals surface area contributed by atoms with Crippen molar-refractivity contribution in [1.29, 1.82) is 0 Å². The van der Waals surface area contributed by atoms with Gasteiger partial charge in [0.1, 0.15) is 6.04 Å². The maximum atomic E-state index is 12.3. The minimum Gasteiger partial charge on any atom is -0.454 e. The summed E-state index contributed by atoms with van der Waals surface area (Å²) >= 11 is 0. The van der Waals surface area contributed by atoms with E-state index in [2.05, 4.69) is 10.0 Å². The Bertz CT molecular complexity index is 956. The topological polar surface area (TPSA) is 119 Å². The molecule has 0 saturated heterocycles. The molecule has 2 rings (SSSR count). The molecule has 9 heteroatoms. The largest absolute Gasteiger partial charge is 0.454 e. The number of carbonyl (C=O) groups excluding carboxylic acids is 3. The van der Waals surface area contributed by atoms with E-state index in [1.54, 1.807) is 30.3 Å². The molecule has 2 amide bonds. The number of hydrogen-bond donors (Lipinski definition) is 2. The Balaban J connectivity index is 1.85. The molecule has 2 N–H and O–H groups in total. The van der Waals surface area contributed by atoms with E-state index in [4.69, 9.17) is 4.74 Å². The number of nitrogens with one attached hydrogen (secondary N) is 2. The number of ether oxygens (including phenoxy) is 1. The quantitative estimate of drug-likeness (QED) is 0.669. The third-order valence-electron chi connectivity index (χ3n) is 3.65. The first-order chi connectivity index (χ1) is 13.2. The van der Waals surface area contributed by atoms with Crippen LogP contribution in [0.2, 0.25) is 0 Å². The molecular formula is C19H20N2O6S. The van der Waals surface area contributed by atoms with Crippen molar-refractivity contribution in [3.05, 3.63) is 65.7 Å². The molecule has 148 valence electrons. The van der Waals surface area contributed by atoms with Gasteiger partial charge in [-0.2, -0.15) is 4.72 Å². The van der Waals surface area contributed by atoms with Gasteiger partial charge in [-0.15, -0.1) is 0 Å². The van der Waals surface area contributed by atoms with Crippen LogP contribution in [0.1, 0.15) is 22.8 Å². The zero-order valence-electron chi connectivity index (χ0n) is 15.3. The fraction of sp³-hybridized carbons (Fsp3) is 0.211. The molecule has 0 aliphatic rings. The first kappa shape index (κ1) is 21.3. The summed E-state index contributed by atoms with van der Waals surface area (Å²) in [5.41, 5.74) is 1.17. The maximum Gasteiger partial charge on any atom is 0.324 e. The van der Waals surface area contributed by atoms with Crippen LogP contribution in [0.3, 0.4) is 0 Å². The third kappa shape index (κ3) is 6.00.